The van der Waals surface area contributed by atoms with E-state index in [2.05, 4.69) is 46.8 Å². The molecular formula is C20H31IN4O2S2. The fourth-order valence-electron chi connectivity index (χ4n) is 2.44. The molecular weight excluding hydrogens is 519 g/mol. The number of hydrogen-bond acceptors (Lipinski definition) is 5. The van der Waals surface area contributed by atoms with Crippen LogP contribution >= 0.6 is 35.3 Å². The summed E-state index contributed by atoms with van der Waals surface area (Å²) < 4.78 is 23.0. The minimum atomic E-state index is -3.15. The minimum Gasteiger partial charge on any atom is -0.357 e. The zero-order valence-corrected chi connectivity index (χ0v) is 21.6. The Bertz CT molecular complexity index is 901. The van der Waals surface area contributed by atoms with Crippen LogP contribution in [0.15, 0.2) is 39.5 Å². The van der Waals surface area contributed by atoms with Gasteiger partial charge >= 0.3 is 0 Å². The molecule has 0 aliphatic carbocycles. The summed E-state index contributed by atoms with van der Waals surface area (Å²) in [6, 6.07) is 7.01. The van der Waals surface area contributed by atoms with E-state index in [0.29, 0.717) is 18.0 Å². The molecule has 1 aromatic carbocycles. The molecule has 0 spiro atoms. The van der Waals surface area contributed by atoms with Crippen molar-refractivity contribution in [1.29, 1.82) is 0 Å². The van der Waals surface area contributed by atoms with Gasteiger partial charge in [0, 0.05) is 30.1 Å². The molecule has 0 radical (unpaired) electrons. The Morgan fingerprint density at radius 2 is 1.83 bits per heavy atom. The highest BCUT2D eigenvalue weighted by Gasteiger charge is 2.17. The number of sulfone groups is 1. The standard InChI is InChI=1S/C20H30N4O2S2.HI/c1-6-21-19(23-13-18-24-17(14-27-18)20(2,3)4)22-12-11-15-7-9-16(10-8-15)28(5,25)26;/h7-10,14H,6,11-13H2,1-5H3,(H2,21,22,23);1H. The lowest BCUT2D eigenvalue weighted by molar-refractivity contribution is 0.571. The molecule has 0 fully saturated rings. The first-order chi connectivity index (χ1) is 13.1. The van der Waals surface area contributed by atoms with E-state index in [1.807, 2.05) is 19.1 Å². The van der Waals surface area contributed by atoms with Crippen LogP contribution in [0, 0.1) is 0 Å². The van der Waals surface area contributed by atoms with Gasteiger partial charge in [0.1, 0.15) is 5.01 Å². The van der Waals surface area contributed by atoms with Crippen molar-refractivity contribution in [2.45, 2.75) is 51.0 Å². The highest BCUT2D eigenvalue weighted by atomic mass is 127. The highest BCUT2D eigenvalue weighted by molar-refractivity contribution is 14.0. The molecule has 0 atom stereocenters. The third-order valence-electron chi connectivity index (χ3n) is 4.09. The van der Waals surface area contributed by atoms with Gasteiger partial charge in [-0.3, -0.25) is 0 Å². The molecule has 2 rings (SSSR count). The average Bonchev–Trinajstić information content (AvgIpc) is 3.09. The van der Waals surface area contributed by atoms with Gasteiger partial charge in [0.25, 0.3) is 0 Å². The van der Waals surface area contributed by atoms with Gasteiger partial charge in [-0.1, -0.05) is 32.9 Å². The van der Waals surface area contributed by atoms with Gasteiger partial charge in [0.15, 0.2) is 15.8 Å². The van der Waals surface area contributed by atoms with Gasteiger partial charge in [0.2, 0.25) is 0 Å². The Labute approximate surface area is 195 Å². The first-order valence-electron chi connectivity index (χ1n) is 9.35. The second-order valence-corrected chi connectivity index (χ2v) is 10.6. The molecule has 9 heteroatoms. The van der Waals surface area contributed by atoms with Crippen LogP contribution in [0.2, 0.25) is 0 Å². The van der Waals surface area contributed by atoms with Crippen molar-refractivity contribution in [1.82, 2.24) is 15.6 Å². The molecule has 162 valence electrons. The lowest BCUT2D eigenvalue weighted by atomic mass is 9.93. The molecule has 0 aliphatic rings. The van der Waals surface area contributed by atoms with Gasteiger partial charge in [-0.05, 0) is 31.0 Å². The van der Waals surface area contributed by atoms with Crippen LogP contribution in [0.4, 0.5) is 0 Å². The third kappa shape index (κ3) is 8.59. The summed E-state index contributed by atoms with van der Waals surface area (Å²) >= 11 is 1.64. The van der Waals surface area contributed by atoms with E-state index in [-0.39, 0.29) is 29.4 Å². The fraction of sp³-hybridized carbons (Fsp3) is 0.500. The van der Waals surface area contributed by atoms with Crippen LogP contribution < -0.4 is 10.6 Å². The monoisotopic (exact) mass is 550 g/mol. The van der Waals surface area contributed by atoms with Gasteiger partial charge in [-0.25, -0.2) is 18.4 Å². The minimum absolute atomic E-state index is 0. The molecule has 2 N–H and O–H groups in total. The molecule has 6 nitrogen and oxygen atoms in total. The number of halogens is 1. The molecule has 0 saturated carbocycles. The number of guanidine groups is 1. The Kier molecular flexibility index (Phi) is 10.0. The molecule has 1 aromatic heterocycles. The summed E-state index contributed by atoms with van der Waals surface area (Å²) in [6.07, 6.45) is 2.00. The maximum atomic E-state index is 11.5. The molecule has 2 aromatic rings. The number of aliphatic imine (C=N–C) groups is 1. The van der Waals surface area contributed by atoms with Crippen LogP contribution in [0.1, 0.15) is 44.0 Å². The van der Waals surface area contributed by atoms with E-state index >= 15 is 0 Å². The molecule has 29 heavy (non-hydrogen) atoms. The Balaban J connectivity index is 0.00000420. The second-order valence-electron chi connectivity index (χ2n) is 7.66. The number of thiazole rings is 1. The zero-order valence-electron chi connectivity index (χ0n) is 17.7. The van der Waals surface area contributed by atoms with Crippen molar-refractivity contribution < 1.29 is 8.42 Å². The van der Waals surface area contributed by atoms with Crippen molar-refractivity contribution >= 4 is 51.1 Å². The first kappa shape index (κ1) is 25.8. The summed E-state index contributed by atoms with van der Waals surface area (Å²) in [7, 11) is -3.15. The zero-order chi connectivity index (χ0) is 20.8. The molecule has 0 saturated heterocycles. The third-order valence-corrected chi connectivity index (χ3v) is 6.06. The fourth-order valence-corrected chi connectivity index (χ4v) is 4.02. The molecule has 0 aliphatic heterocycles. The Morgan fingerprint density at radius 1 is 1.17 bits per heavy atom. The Morgan fingerprint density at radius 3 is 2.34 bits per heavy atom. The van der Waals surface area contributed by atoms with E-state index in [0.717, 1.165) is 35.2 Å². The van der Waals surface area contributed by atoms with Gasteiger partial charge in [-0.2, -0.15) is 0 Å². The molecule has 0 bridgehead atoms. The topological polar surface area (TPSA) is 83.4 Å². The maximum Gasteiger partial charge on any atom is 0.191 e. The number of aromatic nitrogens is 1. The number of rotatable bonds is 7. The van der Waals surface area contributed by atoms with Crippen LogP contribution in [0.5, 0.6) is 0 Å². The normalized spacial score (nSPS) is 12.4. The smallest absolute Gasteiger partial charge is 0.191 e. The maximum absolute atomic E-state index is 11.5. The molecule has 0 amide bonds. The Hall–Kier alpha value is -1.20. The van der Waals surface area contributed by atoms with E-state index < -0.39 is 9.84 Å². The summed E-state index contributed by atoms with van der Waals surface area (Å²) in [5, 5.41) is 9.66. The van der Waals surface area contributed by atoms with Crippen molar-refractivity contribution in [2.75, 3.05) is 19.3 Å². The predicted molar refractivity (Wildman–Crippen MR) is 132 cm³/mol. The van der Waals surface area contributed by atoms with Crippen molar-refractivity contribution in [3.63, 3.8) is 0 Å². The number of benzene rings is 1. The largest absolute Gasteiger partial charge is 0.357 e. The van der Waals surface area contributed by atoms with Crippen LogP contribution in [0.3, 0.4) is 0 Å². The number of nitrogens with one attached hydrogen (secondary N) is 2. The highest BCUT2D eigenvalue weighted by Crippen LogP contribution is 2.24. The molecule has 0 unspecified atom stereocenters. The SMILES string of the molecule is CCNC(=NCc1nc(C(C)(C)C)cs1)NCCc1ccc(S(C)(=O)=O)cc1.I. The first-order valence-corrected chi connectivity index (χ1v) is 12.1. The van der Waals surface area contributed by atoms with E-state index in [4.69, 9.17) is 0 Å². The second kappa shape index (κ2) is 11.3. The van der Waals surface area contributed by atoms with Gasteiger partial charge in [0.05, 0.1) is 17.1 Å². The van der Waals surface area contributed by atoms with Crippen molar-refractivity contribution in [2.24, 2.45) is 4.99 Å². The van der Waals surface area contributed by atoms with E-state index in [9.17, 15) is 8.42 Å². The van der Waals surface area contributed by atoms with Gasteiger partial charge in [-0.15, -0.1) is 35.3 Å². The van der Waals surface area contributed by atoms with Crippen molar-refractivity contribution in [3.05, 3.63) is 45.9 Å². The van der Waals surface area contributed by atoms with Crippen LogP contribution in [0.25, 0.3) is 0 Å². The van der Waals surface area contributed by atoms with Crippen molar-refractivity contribution in [3.8, 4) is 0 Å². The summed E-state index contributed by atoms with van der Waals surface area (Å²) in [6.45, 7) is 10.5. The number of hydrogen-bond donors (Lipinski definition) is 2. The van der Waals surface area contributed by atoms with Crippen LogP contribution in [-0.4, -0.2) is 38.7 Å². The average molecular weight is 551 g/mol. The van der Waals surface area contributed by atoms with E-state index in [1.165, 1.54) is 6.26 Å². The lowest BCUT2D eigenvalue weighted by Gasteiger charge is -2.14. The van der Waals surface area contributed by atoms with Crippen LogP contribution in [-0.2, 0) is 28.2 Å². The lowest BCUT2D eigenvalue weighted by Crippen LogP contribution is -2.38. The summed E-state index contributed by atoms with van der Waals surface area (Å²) in [5.74, 6) is 0.753. The number of nitrogens with zero attached hydrogens (tertiary/aromatic N) is 2. The van der Waals surface area contributed by atoms with Gasteiger partial charge < -0.3 is 10.6 Å². The van der Waals surface area contributed by atoms with E-state index in [1.54, 1.807) is 23.5 Å². The molecule has 1 heterocycles. The predicted octanol–water partition coefficient (Wildman–Crippen LogP) is 3.76. The summed E-state index contributed by atoms with van der Waals surface area (Å²) in [4.78, 5) is 9.64. The quantitative estimate of drug-likeness (QED) is 0.312. The summed E-state index contributed by atoms with van der Waals surface area (Å²) in [5.41, 5.74) is 2.22.